The molecule has 2 rings (SSSR count). The predicted molar refractivity (Wildman–Crippen MR) is 43.2 cm³/mol. The lowest BCUT2D eigenvalue weighted by molar-refractivity contribution is 1.41. The van der Waals surface area contributed by atoms with Crippen molar-refractivity contribution >= 4 is 22.9 Å². The number of thiazole rings is 1. The largest absolute Gasteiger partial charge is 0.244 e. The van der Waals surface area contributed by atoms with Crippen LogP contribution in [0.3, 0.4) is 0 Å². The van der Waals surface area contributed by atoms with E-state index < -0.39 is 0 Å². The molecule has 10 heavy (non-hydrogen) atoms. The van der Waals surface area contributed by atoms with Gasteiger partial charge in [0.05, 0.1) is 6.20 Å². The highest BCUT2D eigenvalue weighted by Gasteiger charge is 1.98. The molecule has 0 amide bonds. The Morgan fingerprint density at radius 1 is 1.40 bits per heavy atom. The lowest BCUT2D eigenvalue weighted by Gasteiger charge is -1.82. The third-order valence-corrected chi connectivity index (χ3v) is 2.52. The van der Waals surface area contributed by atoms with E-state index >= 15 is 0 Å². The van der Waals surface area contributed by atoms with Gasteiger partial charge in [-0.25, -0.2) is 9.36 Å². The highest BCUT2D eigenvalue weighted by Crippen LogP contribution is 2.21. The molecule has 0 aliphatic heterocycles. The van der Waals surface area contributed by atoms with E-state index in [1.54, 1.807) is 17.5 Å². The van der Waals surface area contributed by atoms with E-state index in [-0.39, 0.29) is 0 Å². The van der Waals surface area contributed by atoms with Crippen molar-refractivity contribution in [1.82, 2.24) is 9.36 Å². The van der Waals surface area contributed by atoms with Crippen molar-refractivity contribution in [1.29, 1.82) is 0 Å². The zero-order valence-electron chi connectivity index (χ0n) is 5.02. The van der Waals surface area contributed by atoms with E-state index in [9.17, 15) is 0 Å². The van der Waals surface area contributed by atoms with Crippen LogP contribution in [0.5, 0.6) is 0 Å². The summed E-state index contributed by atoms with van der Waals surface area (Å²) in [5, 5.41) is 5.01. The minimum absolute atomic E-state index is 1.05. The molecule has 0 radical (unpaired) electrons. The van der Waals surface area contributed by atoms with Crippen molar-refractivity contribution in [2.24, 2.45) is 0 Å². The van der Waals surface area contributed by atoms with Crippen LogP contribution in [0.25, 0.3) is 10.6 Å². The molecule has 0 aromatic carbocycles. The van der Waals surface area contributed by atoms with E-state index in [4.69, 9.17) is 0 Å². The van der Waals surface area contributed by atoms with Gasteiger partial charge < -0.3 is 0 Å². The zero-order valence-corrected chi connectivity index (χ0v) is 6.65. The van der Waals surface area contributed by atoms with Gasteiger partial charge in [-0.05, 0) is 11.5 Å². The Labute approximate surface area is 66.3 Å². The molecule has 0 aliphatic rings. The van der Waals surface area contributed by atoms with Gasteiger partial charge in [-0.3, -0.25) is 0 Å². The number of rotatable bonds is 1. The van der Waals surface area contributed by atoms with Gasteiger partial charge in [-0.15, -0.1) is 11.3 Å². The fourth-order valence-electron chi connectivity index (χ4n) is 0.676. The molecule has 2 nitrogen and oxygen atoms in total. The van der Waals surface area contributed by atoms with Crippen LogP contribution < -0.4 is 0 Å². The monoisotopic (exact) mass is 168 g/mol. The normalized spacial score (nSPS) is 10.0. The van der Waals surface area contributed by atoms with Crippen LogP contribution in [0.2, 0.25) is 0 Å². The molecule has 50 valence electrons. The Bertz CT molecular complexity index is 253. The van der Waals surface area contributed by atoms with Crippen molar-refractivity contribution in [3.8, 4) is 10.6 Å². The molecule has 2 aromatic rings. The average Bonchev–Trinajstić information content (AvgIpc) is 2.59. The molecule has 2 heterocycles. The summed E-state index contributed by atoms with van der Waals surface area (Å²) < 4.78 is 3.99. The van der Waals surface area contributed by atoms with Gasteiger partial charge in [0.1, 0.15) is 5.01 Å². The maximum absolute atomic E-state index is 4.14. The maximum atomic E-state index is 4.14. The third kappa shape index (κ3) is 0.955. The first kappa shape index (κ1) is 6.00. The van der Waals surface area contributed by atoms with Crippen LogP contribution in [-0.2, 0) is 0 Å². The van der Waals surface area contributed by atoms with Crippen LogP contribution >= 0.6 is 22.9 Å². The fraction of sp³-hybridized carbons (Fsp3) is 0. The Morgan fingerprint density at radius 3 is 3.00 bits per heavy atom. The Kier molecular flexibility index (Phi) is 1.49. The zero-order chi connectivity index (χ0) is 6.81. The van der Waals surface area contributed by atoms with E-state index in [1.165, 1.54) is 11.5 Å². The van der Waals surface area contributed by atoms with Crippen molar-refractivity contribution < 1.29 is 0 Å². The Hall–Kier alpha value is -0.740. The topological polar surface area (TPSA) is 25.8 Å². The van der Waals surface area contributed by atoms with E-state index in [2.05, 4.69) is 9.36 Å². The van der Waals surface area contributed by atoms with E-state index in [0.29, 0.717) is 0 Å². The third-order valence-electron chi connectivity index (χ3n) is 1.11. The number of aromatic nitrogens is 2. The van der Waals surface area contributed by atoms with E-state index in [0.717, 1.165) is 10.6 Å². The summed E-state index contributed by atoms with van der Waals surface area (Å²) in [5.41, 5.74) is 1.13. The van der Waals surface area contributed by atoms with Gasteiger partial charge in [0.25, 0.3) is 0 Å². The minimum Gasteiger partial charge on any atom is -0.244 e. The van der Waals surface area contributed by atoms with Crippen LogP contribution in [0.15, 0.2) is 23.2 Å². The molecule has 0 spiro atoms. The number of nitrogens with zero attached hydrogens (tertiary/aromatic N) is 2. The molecule has 0 saturated heterocycles. The first-order chi connectivity index (χ1) is 4.97. The van der Waals surface area contributed by atoms with Crippen molar-refractivity contribution in [3.63, 3.8) is 0 Å². The SMILES string of the molecule is c1csc(-c2cnsc2)n1. The number of hydrogen-bond donors (Lipinski definition) is 0. The molecular weight excluding hydrogens is 164 g/mol. The molecule has 2 aromatic heterocycles. The molecule has 0 atom stereocenters. The maximum Gasteiger partial charge on any atom is 0.125 e. The summed E-state index contributed by atoms with van der Waals surface area (Å²) in [6.07, 6.45) is 3.64. The first-order valence-electron chi connectivity index (χ1n) is 2.76. The second-order valence-electron chi connectivity index (χ2n) is 1.75. The van der Waals surface area contributed by atoms with Gasteiger partial charge in [0.15, 0.2) is 0 Å². The molecule has 0 unspecified atom stereocenters. The highest BCUT2D eigenvalue weighted by molar-refractivity contribution is 7.13. The van der Waals surface area contributed by atoms with Gasteiger partial charge in [-0.2, -0.15) is 0 Å². The van der Waals surface area contributed by atoms with Crippen molar-refractivity contribution in [3.05, 3.63) is 23.2 Å². The first-order valence-corrected chi connectivity index (χ1v) is 4.47. The Balaban J connectivity index is 2.48. The van der Waals surface area contributed by atoms with Crippen LogP contribution in [0.4, 0.5) is 0 Å². The number of hydrogen-bond acceptors (Lipinski definition) is 4. The van der Waals surface area contributed by atoms with Crippen LogP contribution in [0.1, 0.15) is 0 Å². The summed E-state index contributed by atoms with van der Waals surface area (Å²) in [6.45, 7) is 0. The molecule has 0 aliphatic carbocycles. The van der Waals surface area contributed by atoms with Crippen molar-refractivity contribution in [2.45, 2.75) is 0 Å². The smallest absolute Gasteiger partial charge is 0.125 e. The second kappa shape index (κ2) is 2.48. The Morgan fingerprint density at radius 2 is 2.40 bits per heavy atom. The summed E-state index contributed by atoms with van der Waals surface area (Å²) in [5.74, 6) is 0. The molecule has 0 saturated carbocycles. The van der Waals surface area contributed by atoms with Crippen molar-refractivity contribution in [2.75, 3.05) is 0 Å². The molecular formula is C6H4N2S2. The van der Waals surface area contributed by atoms with Gasteiger partial charge in [0, 0.05) is 22.5 Å². The van der Waals surface area contributed by atoms with Crippen LogP contribution in [0, 0.1) is 0 Å². The van der Waals surface area contributed by atoms with Gasteiger partial charge >= 0.3 is 0 Å². The average molecular weight is 168 g/mol. The molecule has 0 N–H and O–H groups in total. The van der Waals surface area contributed by atoms with E-state index in [1.807, 2.05) is 17.0 Å². The second-order valence-corrected chi connectivity index (χ2v) is 3.30. The van der Waals surface area contributed by atoms with Crippen LogP contribution in [-0.4, -0.2) is 9.36 Å². The van der Waals surface area contributed by atoms with Gasteiger partial charge in [0.2, 0.25) is 0 Å². The fourth-order valence-corrected chi connectivity index (χ4v) is 1.89. The lowest BCUT2D eigenvalue weighted by atomic mass is 10.4. The molecule has 4 heteroatoms. The minimum atomic E-state index is 1.05. The molecule has 0 fully saturated rings. The van der Waals surface area contributed by atoms with Gasteiger partial charge in [-0.1, -0.05) is 0 Å². The summed E-state index contributed by atoms with van der Waals surface area (Å²) >= 11 is 3.09. The quantitative estimate of drug-likeness (QED) is 0.652. The predicted octanol–water partition coefficient (Wildman–Crippen LogP) is 2.27. The highest BCUT2D eigenvalue weighted by atomic mass is 32.1. The lowest BCUT2D eigenvalue weighted by Crippen LogP contribution is -1.66. The summed E-state index contributed by atoms with van der Waals surface area (Å²) in [7, 11) is 0. The molecule has 0 bridgehead atoms. The standard InChI is InChI=1S/C6H4N2S2/c1-2-9-6(7-1)5-3-8-10-4-5/h1-4H. The summed E-state index contributed by atoms with van der Waals surface area (Å²) in [6, 6.07) is 0. The summed E-state index contributed by atoms with van der Waals surface area (Å²) in [4.78, 5) is 4.14.